The molecule has 2 heterocycles. The lowest BCUT2D eigenvalue weighted by atomic mass is 9.62. The lowest BCUT2D eigenvalue weighted by Crippen LogP contribution is -2.34. The summed E-state index contributed by atoms with van der Waals surface area (Å²) in [5.74, 6) is -0.747. The molecule has 0 saturated carbocycles. The van der Waals surface area contributed by atoms with E-state index >= 15 is 0 Å². The van der Waals surface area contributed by atoms with Crippen LogP contribution in [-0.4, -0.2) is 26.2 Å². The molecular formula is C25H26F4N2O3S. The molecule has 1 unspecified atom stereocenters. The van der Waals surface area contributed by atoms with Gasteiger partial charge in [0.2, 0.25) is 5.95 Å². The van der Waals surface area contributed by atoms with E-state index in [2.05, 4.69) is 9.71 Å². The van der Waals surface area contributed by atoms with Crippen molar-refractivity contribution in [3.05, 3.63) is 71.2 Å². The van der Waals surface area contributed by atoms with Crippen LogP contribution in [-0.2, 0) is 10.0 Å². The summed E-state index contributed by atoms with van der Waals surface area (Å²) < 4.78 is 87.3. The number of rotatable bonds is 6. The Hall–Kier alpha value is -2.88. The molecule has 1 aliphatic heterocycles. The Balaban J connectivity index is 1.67. The number of pyridine rings is 1. The molecule has 1 aliphatic carbocycles. The summed E-state index contributed by atoms with van der Waals surface area (Å²) in [5, 5.41) is 0. The number of allylic oxidation sites excluding steroid dienone is 4. The number of hydrogen-bond donors (Lipinski definition) is 1. The standard InChI is InChI=1S/C25H26F4N2O3S/c1-3-5-16-14-17(25(27,28)29)10-12-24(16,2)20-11-13-34-21-15-18(8-9-19(20)21)35(32,33)31-23-7-4-6-22(26)30-23/h4,6-10,14-15,20H,3,5,11-13H2,1-2H3,(H,30,31)/t20-,24?/m1/s1. The fourth-order valence-electron chi connectivity index (χ4n) is 4.92. The normalized spacial score (nSPS) is 22.5. The van der Waals surface area contributed by atoms with Crippen molar-refractivity contribution in [1.29, 1.82) is 0 Å². The van der Waals surface area contributed by atoms with Crippen LogP contribution in [0.2, 0.25) is 0 Å². The van der Waals surface area contributed by atoms with Crippen LogP contribution in [0.25, 0.3) is 0 Å². The van der Waals surface area contributed by atoms with Crippen molar-refractivity contribution in [3.8, 4) is 5.75 Å². The molecule has 0 fully saturated rings. The van der Waals surface area contributed by atoms with E-state index in [-0.39, 0.29) is 23.1 Å². The number of anilines is 1. The van der Waals surface area contributed by atoms with Gasteiger partial charge in [-0.05, 0) is 48.4 Å². The maximum absolute atomic E-state index is 13.4. The third kappa shape index (κ3) is 5.07. The fraction of sp³-hybridized carbons (Fsp3) is 0.400. The minimum atomic E-state index is -4.40. The van der Waals surface area contributed by atoms with Crippen LogP contribution < -0.4 is 9.46 Å². The van der Waals surface area contributed by atoms with Crippen molar-refractivity contribution in [3.63, 3.8) is 0 Å². The Labute approximate surface area is 202 Å². The molecule has 0 amide bonds. The Bertz CT molecular complexity index is 1290. The topological polar surface area (TPSA) is 68.3 Å². The number of hydrogen-bond acceptors (Lipinski definition) is 4. The number of aromatic nitrogens is 1. The van der Waals surface area contributed by atoms with Gasteiger partial charge in [0.15, 0.2) is 0 Å². The Morgan fingerprint density at radius 3 is 2.69 bits per heavy atom. The average Bonchev–Trinajstić information content (AvgIpc) is 2.79. The molecule has 2 atom stereocenters. The van der Waals surface area contributed by atoms with E-state index in [9.17, 15) is 26.0 Å². The molecule has 35 heavy (non-hydrogen) atoms. The van der Waals surface area contributed by atoms with Crippen LogP contribution in [0.5, 0.6) is 5.75 Å². The SMILES string of the molecule is CCCC1=CC(C(F)(F)F)=CCC1(C)[C@@H]1CCOc2cc(S(=O)(=O)Nc3cccc(F)n3)ccc21. The van der Waals surface area contributed by atoms with Gasteiger partial charge < -0.3 is 4.74 Å². The Morgan fingerprint density at radius 1 is 1.23 bits per heavy atom. The van der Waals surface area contributed by atoms with Gasteiger partial charge in [0.05, 0.1) is 17.1 Å². The first-order chi connectivity index (χ1) is 16.4. The van der Waals surface area contributed by atoms with Crippen LogP contribution in [0, 0.1) is 11.4 Å². The van der Waals surface area contributed by atoms with Gasteiger partial charge in [-0.15, -0.1) is 0 Å². The first kappa shape index (κ1) is 25.2. The minimum absolute atomic E-state index is 0.0830. The minimum Gasteiger partial charge on any atom is -0.493 e. The highest BCUT2D eigenvalue weighted by Gasteiger charge is 2.44. The highest BCUT2D eigenvalue weighted by Crippen LogP contribution is 2.54. The van der Waals surface area contributed by atoms with Crippen molar-refractivity contribution in [1.82, 2.24) is 4.98 Å². The fourth-order valence-corrected chi connectivity index (χ4v) is 5.93. The third-order valence-corrected chi connectivity index (χ3v) is 8.07. The molecule has 0 saturated heterocycles. The average molecular weight is 511 g/mol. The summed E-state index contributed by atoms with van der Waals surface area (Å²) in [7, 11) is -4.07. The van der Waals surface area contributed by atoms with Crippen molar-refractivity contribution in [2.75, 3.05) is 11.3 Å². The van der Waals surface area contributed by atoms with E-state index in [1.807, 2.05) is 13.8 Å². The van der Waals surface area contributed by atoms with Gasteiger partial charge in [-0.2, -0.15) is 17.6 Å². The summed E-state index contributed by atoms with van der Waals surface area (Å²) in [4.78, 5) is 3.44. The van der Waals surface area contributed by atoms with E-state index in [4.69, 9.17) is 4.74 Å². The van der Waals surface area contributed by atoms with Crippen LogP contribution in [0.4, 0.5) is 23.4 Å². The van der Waals surface area contributed by atoms with Crippen molar-refractivity contribution < 1.29 is 30.7 Å². The largest absolute Gasteiger partial charge is 0.493 e. The van der Waals surface area contributed by atoms with E-state index < -0.39 is 33.1 Å². The van der Waals surface area contributed by atoms with E-state index in [0.29, 0.717) is 31.6 Å². The second-order valence-electron chi connectivity index (χ2n) is 9.04. The molecule has 1 aromatic carbocycles. The van der Waals surface area contributed by atoms with Crippen molar-refractivity contribution >= 4 is 15.8 Å². The predicted octanol–water partition coefficient (Wildman–Crippen LogP) is 6.51. The quantitative estimate of drug-likeness (QED) is 0.355. The molecular weight excluding hydrogens is 484 g/mol. The van der Waals surface area contributed by atoms with Gasteiger partial charge in [0.25, 0.3) is 10.0 Å². The van der Waals surface area contributed by atoms with Crippen LogP contribution in [0.3, 0.4) is 0 Å². The molecule has 1 N–H and O–H groups in total. The van der Waals surface area contributed by atoms with Gasteiger partial charge in [-0.1, -0.05) is 50.1 Å². The van der Waals surface area contributed by atoms with Gasteiger partial charge in [-0.25, -0.2) is 13.4 Å². The monoisotopic (exact) mass is 510 g/mol. The number of halogens is 4. The van der Waals surface area contributed by atoms with Gasteiger partial charge in [-0.3, -0.25) is 4.72 Å². The maximum Gasteiger partial charge on any atom is 0.416 e. The number of alkyl halides is 3. The summed E-state index contributed by atoms with van der Waals surface area (Å²) >= 11 is 0. The molecule has 4 rings (SSSR count). The molecule has 0 spiro atoms. The third-order valence-electron chi connectivity index (χ3n) is 6.71. The predicted molar refractivity (Wildman–Crippen MR) is 124 cm³/mol. The lowest BCUT2D eigenvalue weighted by molar-refractivity contribution is -0.0891. The number of ether oxygens (including phenoxy) is 1. The molecule has 2 aromatic rings. The van der Waals surface area contributed by atoms with Crippen LogP contribution in [0.15, 0.2) is 64.6 Å². The number of nitrogens with zero attached hydrogens (tertiary/aromatic N) is 1. The molecule has 1 aromatic heterocycles. The number of nitrogens with one attached hydrogen (secondary N) is 1. The molecule has 10 heteroatoms. The molecule has 5 nitrogen and oxygen atoms in total. The number of benzene rings is 1. The van der Waals surface area contributed by atoms with Crippen LogP contribution in [0.1, 0.15) is 51.0 Å². The van der Waals surface area contributed by atoms with E-state index in [0.717, 1.165) is 17.2 Å². The molecule has 0 bridgehead atoms. The smallest absolute Gasteiger partial charge is 0.416 e. The Morgan fingerprint density at radius 2 is 2.00 bits per heavy atom. The molecule has 188 valence electrons. The molecule has 2 aliphatic rings. The van der Waals surface area contributed by atoms with Gasteiger partial charge >= 0.3 is 6.18 Å². The zero-order valence-electron chi connectivity index (χ0n) is 19.3. The second kappa shape index (κ2) is 9.29. The van der Waals surface area contributed by atoms with E-state index in [1.165, 1.54) is 36.4 Å². The summed E-state index contributed by atoms with van der Waals surface area (Å²) in [6.07, 6.45) is 0.190. The van der Waals surface area contributed by atoms with Crippen molar-refractivity contribution in [2.24, 2.45) is 5.41 Å². The maximum atomic E-state index is 13.4. The Kier molecular flexibility index (Phi) is 6.70. The summed E-state index contributed by atoms with van der Waals surface area (Å²) in [6.45, 7) is 4.22. The second-order valence-corrected chi connectivity index (χ2v) is 10.7. The molecule has 0 radical (unpaired) electrons. The summed E-state index contributed by atoms with van der Waals surface area (Å²) in [6, 6.07) is 8.25. The van der Waals surface area contributed by atoms with E-state index in [1.54, 1.807) is 6.07 Å². The van der Waals surface area contributed by atoms with Gasteiger partial charge in [0, 0.05) is 12.0 Å². The highest BCUT2D eigenvalue weighted by atomic mass is 32.2. The lowest BCUT2D eigenvalue weighted by Gasteiger charge is -2.44. The van der Waals surface area contributed by atoms with Gasteiger partial charge in [0.1, 0.15) is 11.6 Å². The highest BCUT2D eigenvalue weighted by molar-refractivity contribution is 7.92. The number of fused-ring (bicyclic) bond motifs is 1. The zero-order chi connectivity index (χ0) is 25.4. The first-order valence-corrected chi connectivity index (χ1v) is 12.8. The zero-order valence-corrected chi connectivity index (χ0v) is 20.1. The van der Waals surface area contributed by atoms with Crippen LogP contribution >= 0.6 is 0 Å². The van der Waals surface area contributed by atoms with Crippen molar-refractivity contribution in [2.45, 2.75) is 56.5 Å². The first-order valence-electron chi connectivity index (χ1n) is 11.3. The summed E-state index contributed by atoms with van der Waals surface area (Å²) in [5.41, 5.74) is 0.313. The number of sulfonamides is 1.